The quantitative estimate of drug-likeness (QED) is 0.0609. The van der Waals surface area contributed by atoms with Gasteiger partial charge in [-0.15, -0.1) is 20.2 Å². The number of hydrogen-bond acceptors (Lipinski definition) is 16. The number of nitrogens with zero attached hydrogens (tertiary/aromatic N) is 2. The maximum Gasteiger partial charge on any atom is 0.329 e. The van der Waals surface area contributed by atoms with Gasteiger partial charge in [0.05, 0.1) is 30.1 Å². The van der Waals surface area contributed by atoms with E-state index in [1.54, 1.807) is 13.8 Å². The van der Waals surface area contributed by atoms with Crippen molar-refractivity contribution >= 4 is 59.2 Å². The lowest BCUT2D eigenvalue weighted by atomic mass is 9.93. The van der Waals surface area contributed by atoms with E-state index in [2.05, 4.69) is 38.3 Å². The molecule has 3 N–H and O–H groups in total. The first-order valence-electron chi connectivity index (χ1n) is 13.7. The third-order valence-corrected chi connectivity index (χ3v) is 6.90. The zero-order chi connectivity index (χ0) is 36.3. The molecule has 3 amide bonds. The van der Waals surface area contributed by atoms with Crippen molar-refractivity contribution in [1.82, 2.24) is 16.0 Å². The fourth-order valence-electron chi connectivity index (χ4n) is 2.75. The Balaban J connectivity index is 0. The molecule has 3 unspecified atom stereocenters. The Hall–Kier alpha value is -3.88. The average Bonchev–Trinajstić information content (AvgIpc) is 2.95. The summed E-state index contributed by atoms with van der Waals surface area (Å²) < 4.78 is 9.65. The molecule has 3 atom stereocenters. The van der Waals surface area contributed by atoms with Gasteiger partial charge in [0.15, 0.2) is 0 Å². The van der Waals surface area contributed by atoms with Gasteiger partial charge in [-0.05, 0) is 48.5 Å². The molecule has 0 radical (unpaired) electrons. The van der Waals surface area contributed by atoms with Gasteiger partial charge < -0.3 is 35.1 Å². The second kappa shape index (κ2) is 21.8. The second-order valence-corrected chi connectivity index (χ2v) is 11.9. The van der Waals surface area contributed by atoms with E-state index < -0.39 is 81.2 Å². The average molecular weight is 702 g/mol. The Bertz CT molecular complexity index is 1090. The molecule has 0 aromatic rings. The molecule has 21 heteroatoms. The molecule has 0 fully saturated rings. The highest BCUT2D eigenvalue weighted by atomic mass is 32.2. The zero-order valence-corrected chi connectivity index (χ0v) is 28.7. The number of ether oxygens (including phenoxy) is 2. The number of amides is 3. The predicted octanol–water partition coefficient (Wildman–Crippen LogP) is 0.252. The SMILES string of the molecule is CCOC(=O)C(CS)NC(=O)C(C)(C)CO[N+](=O)[O-].CCOC(=O)C(CSC(=O)C(C)NC(C)=O)NC(=O)C(C)(C)CO[N+](=O)[O-]. The van der Waals surface area contributed by atoms with E-state index in [9.17, 15) is 49.0 Å². The van der Waals surface area contributed by atoms with Crippen molar-refractivity contribution in [3.8, 4) is 0 Å². The van der Waals surface area contributed by atoms with E-state index in [0.717, 1.165) is 11.8 Å². The van der Waals surface area contributed by atoms with E-state index in [1.165, 1.54) is 41.5 Å². The highest BCUT2D eigenvalue weighted by Gasteiger charge is 2.34. The fraction of sp³-hybridized carbons (Fsp3) is 0.760. The molecule has 0 bridgehead atoms. The zero-order valence-electron chi connectivity index (χ0n) is 26.9. The lowest BCUT2D eigenvalue weighted by molar-refractivity contribution is -0.760. The molecule has 0 rings (SSSR count). The molecule has 46 heavy (non-hydrogen) atoms. The first kappa shape index (κ1) is 44.2. The van der Waals surface area contributed by atoms with Crippen LogP contribution in [-0.4, -0.2) is 101 Å². The Morgan fingerprint density at radius 1 is 0.783 bits per heavy atom. The molecule has 0 spiro atoms. The van der Waals surface area contributed by atoms with E-state index >= 15 is 0 Å². The monoisotopic (exact) mass is 701 g/mol. The summed E-state index contributed by atoms with van der Waals surface area (Å²) in [6.45, 7) is 11.1. The van der Waals surface area contributed by atoms with Crippen molar-refractivity contribution < 1.29 is 58.1 Å². The highest BCUT2D eigenvalue weighted by molar-refractivity contribution is 8.13. The fourth-order valence-corrected chi connectivity index (χ4v) is 3.85. The molecule has 0 aliphatic rings. The van der Waals surface area contributed by atoms with E-state index in [0.29, 0.717) is 0 Å². The van der Waals surface area contributed by atoms with Crippen LogP contribution in [0.15, 0.2) is 0 Å². The minimum atomic E-state index is -1.30. The molecule has 0 saturated heterocycles. The summed E-state index contributed by atoms with van der Waals surface area (Å²) in [5.74, 6) is -3.01. The van der Waals surface area contributed by atoms with Crippen molar-refractivity contribution in [2.45, 2.75) is 73.5 Å². The Kier molecular flexibility index (Phi) is 21.0. The molecular weight excluding hydrogens is 658 g/mol. The van der Waals surface area contributed by atoms with Gasteiger partial charge in [-0.2, -0.15) is 12.6 Å². The number of esters is 2. The molecule has 0 saturated carbocycles. The molecule has 0 aromatic carbocycles. The van der Waals surface area contributed by atoms with E-state index in [1.807, 2.05) is 0 Å². The number of nitrogens with one attached hydrogen (secondary N) is 3. The van der Waals surface area contributed by atoms with Crippen molar-refractivity contribution in [3.63, 3.8) is 0 Å². The van der Waals surface area contributed by atoms with Crippen LogP contribution in [0.5, 0.6) is 0 Å². The number of carbonyl (C=O) groups excluding carboxylic acids is 6. The van der Waals surface area contributed by atoms with Gasteiger partial charge in [-0.3, -0.25) is 19.2 Å². The van der Waals surface area contributed by atoms with Crippen LogP contribution in [0.2, 0.25) is 0 Å². The third-order valence-electron chi connectivity index (χ3n) is 5.39. The Morgan fingerprint density at radius 2 is 1.17 bits per heavy atom. The van der Waals surface area contributed by atoms with Gasteiger partial charge in [-0.25, -0.2) is 9.59 Å². The van der Waals surface area contributed by atoms with Gasteiger partial charge in [0.1, 0.15) is 25.3 Å². The molecule has 0 aliphatic heterocycles. The summed E-state index contributed by atoms with van der Waals surface area (Å²) >= 11 is 4.70. The van der Waals surface area contributed by atoms with Crippen LogP contribution in [0.4, 0.5) is 0 Å². The predicted molar refractivity (Wildman–Crippen MR) is 165 cm³/mol. The minimum Gasteiger partial charge on any atom is -0.464 e. The third kappa shape index (κ3) is 18.8. The van der Waals surface area contributed by atoms with Crippen molar-refractivity contribution in [2.24, 2.45) is 10.8 Å². The van der Waals surface area contributed by atoms with Crippen LogP contribution in [0.1, 0.15) is 55.4 Å². The molecular formula is C25H43N5O14S2. The molecule has 0 aliphatic carbocycles. The maximum absolute atomic E-state index is 12.3. The highest BCUT2D eigenvalue weighted by Crippen LogP contribution is 2.18. The number of carbonyl (C=O) groups is 6. The summed E-state index contributed by atoms with van der Waals surface area (Å²) in [5.41, 5.74) is -2.45. The largest absolute Gasteiger partial charge is 0.464 e. The van der Waals surface area contributed by atoms with Crippen LogP contribution < -0.4 is 16.0 Å². The van der Waals surface area contributed by atoms with Crippen LogP contribution >= 0.6 is 24.4 Å². The number of rotatable bonds is 19. The summed E-state index contributed by atoms with van der Waals surface area (Å²) in [6.07, 6.45) is 0. The van der Waals surface area contributed by atoms with Gasteiger partial charge in [0.2, 0.25) is 22.8 Å². The molecule has 0 aromatic heterocycles. The smallest absolute Gasteiger partial charge is 0.329 e. The Labute approximate surface area is 275 Å². The van der Waals surface area contributed by atoms with Crippen LogP contribution in [0.25, 0.3) is 0 Å². The second-order valence-electron chi connectivity index (χ2n) is 10.6. The van der Waals surface area contributed by atoms with Crippen molar-refractivity contribution in [3.05, 3.63) is 20.2 Å². The van der Waals surface area contributed by atoms with Crippen molar-refractivity contribution in [1.29, 1.82) is 0 Å². The Morgan fingerprint density at radius 3 is 1.52 bits per heavy atom. The maximum atomic E-state index is 12.3. The summed E-state index contributed by atoms with van der Waals surface area (Å²) in [5, 5.41) is 25.3. The van der Waals surface area contributed by atoms with Gasteiger partial charge in [0.25, 0.3) is 10.2 Å². The topological polar surface area (TPSA) is 262 Å². The number of thioether (sulfide) groups is 1. The normalized spacial score (nSPS) is 12.8. The van der Waals surface area contributed by atoms with Gasteiger partial charge in [0, 0.05) is 18.4 Å². The number of hydrogen-bond donors (Lipinski definition) is 4. The first-order valence-corrected chi connectivity index (χ1v) is 15.3. The van der Waals surface area contributed by atoms with E-state index in [-0.39, 0.29) is 30.6 Å². The lowest BCUT2D eigenvalue weighted by Gasteiger charge is -2.25. The minimum absolute atomic E-state index is 0.0662. The van der Waals surface area contributed by atoms with Crippen LogP contribution in [0.3, 0.4) is 0 Å². The first-order chi connectivity index (χ1) is 21.1. The standard InChI is InChI=1S/C15H25N3O8S.C10H18N2O6S/c1-6-25-12(20)11(7-27-13(21)9(2)16-10(3)19)17-14(22)15(4,5)8-26-18(23)24;1-4-17-8(13)7(5-19)11-9(14)10(2,3)6-18-12(15)16/h9,11H,6-8H2,1-5H3,(H,16,19)(H,17,22);7,19H,4-6H2,1-3H3,(H,11,14). The van der Waals surface area contributed by atoms with Crippen LogP contribution in [0, 0.1) is 31.1 Å². The van der Waals surface area contributed by atoms with Crippen LogP contribution in [-0.2, 0) is 47.9 Å². The lowest BCUT2D eigenvalue weighted by Crippen LogP contribution is -2.50. The summed E-state index contributed by atoms with van der Waals surface area (Å²) in [7, 11) is 0. The molecule has 0 heterocycles. The van der Waals surface area contributed by atoms with Gasteiger partial charge in [-0.1, -0.05) is 11.8 Å². The number of thiol groups is 1. The van der Waals surface area contributed by atoms with Gasteiger partial charge >= 0.3 is 11.9 Å². The van der Waals surface area contributed by atoms with E-state index in [4.69, 9.17) is 9.47 Å². The molecule has 19 nitrogen and oxygen atoms in total. The summed E-state index contributed by atoms with van der Waals surface area (Å²) in [6, 6.07) is -2.81. The van der Waals surface area contributed by atoms with Crippen molar-refractivity contribution in [2.75, 3.05) is 37.9 Å². The summed E-state index contributed by atoms with van der Waals surface area (Å²) in [4.78, 5) is 99.6. The molecule has 264 valence electrons.